The Morgan fingerprint density at radius 1 is 1.42 bits per heavy atom. The van der Waals surface area contributed by atoms with Gasteiger partial charge in [0.1, 0.15) is 5.82 Å². The third-order valence-electron chi connectivity index (χ3n) is 3.07. The van der Waals surface area contributed by atoms with Gasteiger partial charge in [-0.3, -0.25) is 9.59 Å². The first-order valence-corrected chi connectivity index (χ1v) is 6.02. The Bertz CT molecular complexity index is 491. The summed E-state index contributed by atoms with van der Waals surface area (Å²) in [6, 6.07) is 2.78. The van der Waals surface area contributed by atoms with Crippen LogP contribution in [0.25, 0.3) is 0 Å². The van der Waals surface area contributed by atoms with Crippen LogP contribution in [0.1, 0.15) is 30.6 Å². The Kier molecular flexibility index (Phi) is 5.00. The van der Waals surface area contributed by atoms with Gasteiger partial charge in [-0.05, 0) is 24.1 Å². The van der Waals surface area contributed by atoms with E-state index in [4.69, 9.17) is 11.5 Å². The Morgan fingerprint density at radius 3 is 2.58 bits per heavy atom. The summed E-state index contributed by atoms with van der Waals surface area (Å²) in [4.78, 5) is 22.8. The fourth-order valence-corrected chi connectivity index (χ4v) is 1.50. The third kappa shape index (κ3) is 3.75. The molecular weight excluding hydrogens is 249 g/mol. The summed E-state index contributed by atoms with van der Waals surface area (Å²) < 4.78 is 13.5. The molecule has 104 valence electrons. The Labute approximate surface area is 111 Å². The average molecular weight is 267 g/mol. The zero-order valence-corrected chi connectivity index (χ0v) is 10.9. The van der Waals surface area contributed by atoms with Gasteiger partial charge in [0, 0.05) is 5.56 Å². The van der Waals surface area contributed by atoms with Crippen molar-refractivity contribution in [3.05, 3.63) is 29.6 Å². The summed E-state index contributed by atoms with van der Waals surface area (Å²) in [6.07, 6.45) is 0.735. The molecule has 0 bridgehead atoms. The molecule has 1 rings (SSSR count). The number of halogens is 1. The minimum absolute atomic E-state index is 0.0256. The molecule has 0 aromatic heterocycles. The topological polar surface area (TPSA) is 98.2 Å². The van der Waals surface area contributed by atoms with Gasteiger partial charge in [0.15, 0.2) is 0 Å². The van der Waals surface area contributed by atoms with Gasteiger partial charge in [-0.1, -0.05) is 20.3 Å². The van der Waals surface area contributed by atoms with E-state index in [2.05, 4.69) is 5.32 Å². The molecule has 1 aromatic rings. The Balaban J connectivity index is 2.90. The highest BCUT2D eigenvalue weighted by molar-refractivity contribution is 5.98. The van der Waals surface area contributed by atoms with Crippen molar-refractivity contribution >= 4 is 17.5 Å². The molecule has 0 spiro atoms. The first kappa shape index (κ1) is 15.1. The van der Waals surface area contributed by atoms with E-state index in [1.807, 2.05) is 13.8 Å². The molecule has 6 heteroatoms. The number of hydrogen-bond donors (Lipinski definition) is 3. The zero-order chi connectivity index (χ0) is 14.6. The molecule has 0 heterocycles. The van der Waals surface area contributed by atoms with Crippen molar-refractivity contribution < 1.29 is 14.0 Å². The minimum atomic E-state index is -0.735. The smallest absolute Gasteiger partial charge is 0.248 e. The van der Waals surface area contributed by atoms with E-state index in [9.17, 15) is 14.0 Å². The zero-order valence-electron chi connectivity index (χ0n) is 10.9. The molecule has 5 nitrogen and oxygen atoms in total. The average Bonchev–Trinajstić information content (AvgIpc) is 2.38. The van der Waals surface area contributed by atoms with Gasteiger partial charge in [0.2, 0.25) is 11.8 Å². The highest BCUT2D eigenvalue weighted by Gasteiger charge is 2.20. The van der Waals surface area contributed by atoms with Gasteiger partial charge in [-0.15, -0.1) is 0 Å². The van der Waals surface area contributed by atoms with E-state index < -0.39 is 23.7 Å². The normalized spacial score (nSPS) is 13.7. The van der Waals surface area contributed by atoms with E-state index >= 15 is 0 Å². The summed E-state index contributed by atoms with van der Waals surface area (Å²) >= 11 is 0. The SMILES string of the molecule is CC[C@H](C)[C@H](N)C(=O)Nc1cc(C(N)=O)ccc1F. The third-order valence-corrected chi connectivity index (χ3v) is 3.07. The summed E-state index contributed by atoms with van der Waals surface area (Å²) in [5.74, 6) is -1.85. The van der Waals surface area contributed by atoms with Gasteiger partial charge in [0.25, 0.3) is 0 Å². The molecule has 0 aliphatic heterocycles. The van der Waals surface area contributed by atoms with E-state index in [1.54, 1.807) is 0 Å². The van der Waals surface area contributed by atoms with E-state index in [-0.39, 0.29) is 17.2 Å². The quantitative estimate of drug-likeness (QED) is 0.748. The van der Waals surface area contributed by atoms with Crippen molar-refractivity contribution in [1.82, 2.24) is 0 Å². The molecule has 19 heavy (non-hydrogen) atoms. The molecule has 2 amide bonds. The van der Waals surface area contributed by atoms with Gasteiger partial charge >= 0.3 is 0 Å². The van der Waals surface area contributed by atoms with Gasteiger partial charge in [-0.25, -0.2) is 4.39 Å². The summed E-state index contributed by atoms with van der Waals surface area (Å²) in [5, 5.41) is 2.37. The van der Waals surface area contributed by atoms with Crippen molar-refractivity contribution in [2.45, 2.75) is 26.3 Å². The van der Waals surface area contributed by atoms with Crippen molar-refractivity contribution in [1.29, 1.82) is 0 Å². The number of nitrogens with one attached hydrogen (secondary N) is 1. The van der Waals surface area contributed by atoms with Crippen LogP contribution in [-0.2, 0) is 4.79 Å². The lowest BCUT2D eigenvalue weighted by Gasteiger charge is -2.18. The first-order valence-electron chi connectivity index (χ1n) is 6.02. The molecule has 1 aromatic carbocycles. The molecule has 0 aliphatic carbocycles. The van der Waals surface area contributed by atoms with Crippen LogP contribution in [0.4, 0.5) is 10.1 Å². The van der Waals surface area contributed by atoms with Crippen molar-refractivity contribution in [2.24, 2.45) is 17.4 Å². The lowest BCUT2D eigenvalue weighted by atomic mass is 9.99. The fourth-order valence-electron chi connectivity index (χ4n) is 1.50. The number of hydrogen-bond acceptors (Lipinski definition) is 3. The largest absolute Gasteiger partial charge is 0.366 e. The number of carbonyl (C=O) groups excluding carboxylic acids is 2. The van der Waals surface area contributed by atoms with Crippen LogP contribution in [0.5, 0.6) is 0 Å². The van der Waals surface area contributed by atoms with Crippen LogP contribution in [0.3, 0.4) is 0 Å². The minimum Gasteiger partial charge on any atom is -0.366 e. The van der Waals surface area contributed by atoms with Crippen LogP contribution in [-0.4, -0.2) is 17.9 Å². The predicted octanol–water partition coefficient (Wildman–Crippen LogP) is 1.24. The molecule has 5 N–H and O–H groups in total. The molecule has 0 aliphatic rings. The molecule has 0 saturated heterocycles. The molecule has 2 atom stereocenters. The van der Waals surface area contributed by atoms with E-state index in [0.717, 1.165) is 12.5 Å². The molecular formula is C13H18FN3O2. The lowest BCUT2D eigenvalue weighted by molar-refractivity contribution is -0.118. The van der Waals surface area contributed by atoms with Crippen molar-refractivity contribution in [2.75, 3.05) is 5.32 Å². The Hall–Kier alpha value is -1.95. The highest BCUT2D eigenvalue weighted by atomic mass is 19.1. The summed E-state index contributed by atoms with van der Waals surface area (Å²) in [7, 11) is 0. The lowest BCUT2D eigenvalue weighted by Crippen LogP contribution is -2.40. The molecule has 0 radical (unpaired) electrons. The fraction of sp³-hybridized carbons (Fsp3) is 0.385. The maximum atomic E-state index is 13.5. The number of rotatable bonds is 5. The second-order valence-electron chi connectivity index (χ2n) is 4.46. The first-order chi connectivity index (χ1) is 8.86. The molecule has 0 saturated carbocycles. The Morgan fingerprint density at radius 2 is 2.05 bits per heavy atom. The summed E-state index contributed by atoms with van der Waals surface area (Å²) in [5.41, 5.74) is 10.9. The maximum Gasteiger partial charge on any atom is 0.248 e. The number of amides is 2. The second-order valence-corrected chi connectivity index (χ2v) is 4.46. The van der Waals surface area contributed by atoms with Crippen molar-refractivity contribution in [3.63, 3.8) is 0 Å². The number of carbonyl (C=O) groups is 2. The van der Waals surface area contributed by atoms with Crippen LogP contribution in [0.2, 0.25) is 0 Å². The molecule has 0 unspecified atom stereocenters. The number of primary amides is 1. The molecule has 0 fully saturated rings. The van der Waals surface area contributed by atoms with E-state index in [0.29, 0.717) is 0 Å². The van der Waals surface area contributed by atoms with Crippen LogP contribution >= 0.6 is 0 Å². The van der Waals surface area contributed by atoms with Crippen LogP contribution in [0.15, 0.2) is 18.2 Å². The predicted molar refractivity (Wildman–Crippen MR) is 71.0 cm³/mol. The number of anilines is 1. The number of benzene rings is 1. The van der Waals surface area contributed by atoms with Gasteiger partial charge in [-0.2, -0.15) is 0 Å². The van der Waals surface area contributed by atoms with Crippen LogP contribution < -0.4 is 16.8 Å². The standard InChI is InChI=1S/C13H18FN3O2/c1-3-7(2)11(15)13(19)17-10-6-8(12(16)18)4-5-9(10)14/h4-7,11H,3,15H2,1-2H3,(H2,16,18)(H,17,19)/t7-,11-/m0/s1. The van der Waals surface area contributed by atoms with Crippen molar-refractivity contribution in [3.8, 4) is 0 Å². The highest BCUT2D eigenvalue weighted by Crippen LogP contribution is 2.17. The second kappa shape index (κ2) is 6.29. The maximum absolute atomic E-state index is 13.5. The monoisotopic (exact) mass is 267 g/mol. The van der Waals surface area contributed by atoms with Gasteiger partial charge in [0.05, 0.1) is 11.7 Å². The number of nitrogens with two attached hydrogens (primary N) is 2. The van der Waals surface area contributed by atoms with Crippen LogP contribution in [0, 0.1) is 11.7 Å². The summed E-state index contributed by atoms with van der Waals surface area (Å²) in [6.45, 7) is 3.74. The van der Waals surface area contributed by atoms with E-state index in [1.165, 1.54) is 12.1 Å². The van der Waals surface area contributed by atoms with Gasteiger partial charge < -0.3 is 16.8 Å².